The molecular formula is C49H29NS3. The Balaban J connectivity index is 1.18. The van der Waals surface area contributed by atoms with Gasteiger partial charge in [-0.15, -0.1) is 22.7 Å². The van der Waals surface area contributed by atoms with Gasteiger partial charge in [-0.3, -0.25) is 0 Å². The smallest absolute Gasteiger partial charge is 0.0735 e. The number of nitrogens with zero attached hydrogens (tertiary/aromatic N) is 1. The molecule has 2 aromatic heterocycles. The van der Waals surface area contributed by atoms with E-state index in [4.69, 9.17) is 2.74 Å². The van der Waals surface area contributed by atoms with Crippen molar-refractivity contribution >= 4 is 91.8 Å². The van der Waals surface area contributed by atoms with Gasteiger partial charge in [-0.2, -0.15) is 0 Å². The molecule has 0 saturated heterocycles. The number of benzene rings is 8. The first kappa shape index (κ1) is 27.0. The quantitative estimate of drug-likeness (QED) is 0.178. The Labute approximate surface area is 323 Å². The first-order valence-corrected chi connectivity index (χ1v) is 20.2. The lowest BCUT2D eigenvalue weighted by atomic mass is 9.67. The van der Waals surface area contributed by atoms with E-state index in [1.807, 2.05) is 12.1 Å². The number of thiophene rings is 2. The van der Waals surface area contributed by atoms with Crippen LogP contribution in [-0.2, 0) is 5.41 Å². The minimum atomic E-state index is -0.499. The number of fused-ring (bicyclic) bond motifs is 15. The molecule has 0 N–H and O–H groups in total. The molecule has 1 spiro atoms. The summed E-state index contributed by atoms with van der Waals surface area (Å²) in [7, 11) is 0. The van der Waals surface area contributed by atoms with Gasteiger partial charge in [-0.25, -0.2) is 0 Å². The van der Waals surface area contributed by atoms with Crippen molar-refractivity contribution in [3.63, 3.8) is 0 Å². The number of rotatable bonds is 3. The molecule has 3 heterocycles. The summed E-state index contributed by atoms with van der Waals surface area (Å²) in [5.41, 5.74) is 9.59. The molecule has 0 amide bonds. The fourth-order valence-corrected chi connectivity index (χ4v) is 12.4. The van der Waals surface area contributed by atoms with E-state index in [1.54, 1.807) is 23.1 Å². The molecule has 1 aliphatic carbocycles. The van der Waals surface area contributed by atoms with Crippen LogP contribution in [0, 0.1) is 0 Å². The third-order valence-corrected chi connectivity index (χ3v) is 14.5. The van der Waals surface area contributed by atoms with Crippen LogP contribution >= 0.6 is 34.4 Å². The summed E-state index contributed by atoms with van der Waals surface area (Å²) >= 11 is 5.12. The van der Waals surface area contributed by atoms with Crippen molar-refractivity contribution in [3.8, 4) is 11.1 Å². The molecule has 0 radical (unpaired) electrons. The van der Waals surface area contributed by atoms with Crippen molar-refractivity contribution in [3.05, 3.63) is 198 Å². The zero-order valence-electron chi connectivity index (χ0n) is 31.2. The fraction of sp³-hybridized carbons (Fsp3) is 0.0204. The first-order valence-electron chi connectivity index (χ1n) is 19.3. The highest BCUT2D eigenvalue weighted by Gasteiger charge is 2.50. The lowest BCUT2D eigenvalue weighted by molar-refractivity contribution is 0.722. The second-order valence-corrected chi connectivity index (χ2v) is 17.0. The van der Waals surface area contributed by atoms with Crippen molar-refractivity contribution in [2.24, 2.45) is 0 Å². The highest BCUT2D eigenvalue weighted by Crippen LogP contribution is 2.62. The molecular weight excluding hydrogens is 699 g/mol. The van der Waals surface area contributed by atoms with Gasteiger partial charge in [0.1, 0.15) is 0 Å². The molecule has 2 aliphatic rings. The lowest BCUT2D eigenvalue weighted by Gasteiger charge is -2.40. The summed E-state index contributed by atoms with van der Waals surface area (Å²) in [5, 5.41) is 4.20. The van der Waals surface area contributed by atoms with E-state index in [2.05, 4.69) is 150 Å². The molecule has 1 nitrogen and oxygen atoms in total. The molecule has 53 heavy (non-hydrogen) atoms. The summed E-state index contributed by atoms with van der Waals surface area (Å²) in [6.45, 7) is 0. The van der Waals surface area contributed by atoms with Gasteiger partial charge in [-0.1, -0.05) is 127 Å². The van der Waals surface area contributed by atoms with E-state index in [-0.39, 0.29) is 18.1 Å². The Hall–Kier alpha value is -5.65. The largest absolute Gasteiger partial charge is 0.310 e. The summed E-state index contributed by atoms with van der Waals surface area (Å²) < 4.78 is 32.1. The highest BCUT2D eigenvalue weighted by molar-refractivity contribution is 7.99. The van der Waals surface area contributed by atoms with Gasteiger partial charge >= 0.3 is 0 Å². The van der Waals surface area contributed by atoms with Gasteiger partial charge in [0.05, 0.1) is 15.2 Å². The van der Waals surface area contributed by atoms with Crippen molar-refractivity contribution < 1.29 is 4.11 Å². The fourth-order valence-electron chi connectivity index (χ4n) is 9.00. The third-order valence-electron chi connectivity index (χ3n) is 11.1. The molecule has 0 atom stereocenters. The van der Waals surface area contributed by atoms with Crippen LogP contribution in [-0.4, -0.2) is 0 Å². The van der Waals surface area contributed by atoms with E-state index in [9.17, 15) is 1.37 Å². The minimum Gasteiger partial charge on any atom is -0.310 e. The van der Waals surface area contributed by atoms with E-state index >= 15 is 0 Å². The van der Waals surface area contributed by atoms with E-state index in [0.717, 1.165) is 41.8 Å². The van der Waals surface area contributed by atoms with E-state index in [1.165, 1.54) is 64.4 Å². The molecule has 0 fully saturated rings. The van der Waals surface area contributed by atoms with Gasteiger partial charge in [-0.05, 0) is 94.0 Å². The number of anilines is 3. The molecule has 4 heteroatoms. The zero-order chi connectivity index (χ0) is 37.3. The Morgan fingerprint density at radius 2 is 1.04 bits per heavy atom. The average Bonchev–Trinajstić information content (AvgIpc) is 3.91. The van der Waals surface area contributed by atoms with E-state index in [0.29, 0.717) is 5.69 Å². The summed E-state index contributed by atoms with van der Waals surface area (Å²) in [6, 6.07) is 56.8. The van der Waals surface area contributed by atoms with Gasteiger partial charge in [0, 0.05) is 61.5 Å². The van der Waals surface area contributed by atoms with Gasteiger partial charge in [0.15, 0.2) is 0 Å². The maximum Gasteiger partial charge on any atom is 0.0735 e. The predicted octanol–water partition coefficient (Wildman–Crippen LogP) is 14.7. The average molecular weight is 731 g/mol. The van der Waals surface area contributed by atoms with Crippen LogP contribution in [0.15, 0.2) is 186 Å². The molecule has 8 aromatic carbocycles. The van der Waals surface area contributed by atoms with Gasteiger partial charge in [0.2, 0.25) is 0 Å². The second kappa shape index (κ2) is 11.2. The second-order valence-electron chi connectivity index (χ2n) is 13.8. The topological polar surface area (TPSA) is 3.24 Å². The van der Waals surface area contributed by atoms with Crippen molar-refractivity contribution in [2.75, 3.05) is 4.90 Å². The van der Waals surface area contributed by atoms with Crippen LogP contribution < -0.4 is 4.90 Å². The highest BCUT2D eigenvalue weighted by atomic mass is 32.2. The van der Waals surface area contributed by atoms with Crippen molar-refractivity contribution in [1.29, 1.82) is 0 Å². The molecule has 12 rings (SSSR count). The summed E-state index contributed by atoms with van der Waals surface area (Å²) in [5.74, 6) is 0. The molecule has 1 aliphatic heterocycles. The minimum absolute atomic E-state index is 0.0483. The molecule has 0 bridgehead atoms. The Kier molecular flexibility index (Phi) is 5.70. The molecule has 10 aromatic rings. The Morgan fingerprint density at radius 1 is 0.453 bits per heavy atom. The lowest BCUT2D eigenvalue weighted by Crippen LogP contribution is -2.32. The predicted molar refractivity (Wildman–Crippen MR) is 228 cm³/mol. The Morgan fingerprint density at radius 3 is 1.85 bits per heavy atom. The van der Waals surface area contributed by atoms with Crippen LogP contribution in [0.1, 0.15) is 26.4 Å². The van der Waals surface area contributed by atoms with Gasteiger partial charge in [0.25, 0.3) is 0 Å². The van der Waals surface area contributed by atoms with Crippen LogP contribution in [0.2, 0.25) is 0 Å². The van der Waals surface area contributed by atoms with Crippen molar-refractivity contribution in [1.82, 2.24) is 0 Å². The monoisotopic (exact) mass is 730 g/mol. The van der Waals surface area contributed by atoms with E-state index < -0.39 is 5.41 Å². The Bertz CT molecular complexity index is 3260. The van der Waals surface area contributed by atoms with Crippen molar-refractivity contribution in [2.45, 2.75) is 15.2 Å². The van der Waals surface area contributed by atoms with Crippen LogP contribution in [0.4, 0.5) is 17.1 Å². The van der Waals surface area contributed by atoms with Crippen LogP contribution in [0.3, 0.4) is 0 Å². The van der Waals surface area contributed by atoms with Gasteiger partial charge < -0.3 is 4.90 Å². The molecule has 0 saturated carbocycles. The number of hydrogen-bond acceptors (Lipinski definition) is 4. The van der Waals surface area contributed by atoms with Crippen LogP contribution in [0.25, 0.3) is 51.5 Å². The summed E-state index contributed by atoms with van der Waals surface area (Å²) in [4.78, 5) is 4.57. The normalized spacial score (nSPS) is 14.5. The molecule has 0 unspecified atom stereocenters. The first-order chi connectivity index (χ1) is 27.5. The standard InChI is InChI=1S/C49H29NS3/c1-5-16-37-32(12-1)33-13-2-6-17-38(33)49(37)39-18-7-10-22-45(39)53-47-29-31(24-26-40(47)49)50(30-25-27-44-36(28-30)34-14-3-8-20-42(34)51-44)41-19-11-23-46-48(41)35-15-4-9-21-43(35)52-46/h1-29H/i11D,19D,23D. The number of hydrogen-bond donors (Lipinski definition) is 0. The maximum atomic E-state index is 9.66. The SMILES string of the molecule is [2H]c1c([2H])c(N(c2ccc3c(c2)Sc2ccccc2C32c3ccccc3-c3ccccc32)c2ccc3sc4ccccc4c3c2)c2c(sc3ccccc32)c1[2H]. The summed E-state index contributed by atoms with van der Waals surface area (Å²) in [6.07, 6.45) is 0. The van der Waals surface area contributed by atoms with Crippen LogP contribution in [0.5, 0.6) is 0 Å². The molecule has 248 valence electrons. The zero-order valence-corrected chi connectivity index (χ0v) is 30.6. The maximum absolute atomic E-state index is 9.66. The third kappa shape index (κ3) is 4.09.